The number of rotatable bonds is 6. The van der Waals surface area contributed by atoms with Crippen LogP contribution in [0, 0.1) is 11.8 Å². The molecule has 1 N–H and O–H groups in total. The highest BCUT2D eigenvalue weighted by atomic mass is 32.2. The summed E-state index contributed by atoms with van der Waals surface area (Å²) in [5.74, 6) is -2.31. The van der Waals surface area contributed by atoms with Gasteiger partial charge in [0.25, 0.3) is 0 Å². The first-order valence-corrected chi connectivity index (χ1v) is 9.28. The predicted octanol–water partition coefficient (Wildman–Crippen LogP) is 1.04. The Morgan fingerprint density at radius 1 is 1.33 bits per heavy atom. The van der Waals surface area contributed by atoms with Crippen LogP contribution in [0.2, 0.25) is 0 Å². The highest BCUT2D eigenvalue weighted by molar-refractivity contribution is 7.91. The van der Waals surface area contributed by atoms with Crippen LogP contribution in [-0.4, -0.2) is 56.3 Å². The van der Waals surface area contributed by atoms with Gasteiger partial charge in [0, 0.05) is 19.0 Å². The van der Waals surface area contributed by atoms with Crippen molar-refractivity contribution in [2.75, 3.05) is 26.0 Å². The Hall–Kier alpha value is -2.09. The maximum absolute atomic E-state index is 12.4. The Balaban J connectivity index is 2.03. The van der Waals surface area contributed by atoms with E-state index >= 15 is 0 Å². The van der Waals surface area contributed by atoms with Crippen LogP contribution < -0.4 is 4.74 Å². The number of ether oxygens (including phenoxy) is 1. The lowest BCUT2D eigenvalue weighted by molar-refractivity contribution is -0.141. The molecule has 24 heavy (non-hydrogen) atoms. The van der Waals surface area contributed by atoms with Gasteiger partial charge in [-0.25, -0.2) is 8.42 Å². The molecule has 0 saturated carbocycles. The van der Waals surface area contributed by atoms with E-state index in [1.807, 2.05) is 0 Å². The summed E-state index contributed by atoms with van der Waals surface area (Å²) < 4.78 is 29.9. The van der Waals surface area contributed by atoms with Gasteiger partial charge >= 0.3 is 5.97 Å². The number of hydrogen-bond acceptors (Lipinski definition) is 5. The standard InChI is InChI=1S/C16H21NO6S/c1-11(15(18)17-8-7-12(9-17)16(19)20)10-24(21,22)14-5-3-13(23-2)4-6-14/h3-6,11-12H,7-10H2,1-2H3,(H,19,20)/t11-,12-/m0/s1. The van der Waals surface area contributed by atoms with Gasteiger partial charge in [0.1, 0.15) is 5.75 Å². The van der Waals surface area contributed by atoms with E-state index in [0.29, 0.717) is 18.7 Å². The largest absolute Gasteiger partial charge is 0.497 e. The van der Waals surface area contributed by atoms with Crippen molar-refractivity contribution in [3.63, 3.8) is 0 Å². The minimum absolute atomic E-state index is 0.132. The molecule has 132 valence electrons. The lowest BCUT2D eigenvalue weighted by Gasteiger charge is -2.20. The molecule has 1 aliphatic rings. The van der Waals surface area contributed by atoms with Crippen LogP contribution in [0.4, 0.5) is 0 Å². The van der Waals surface area contributed by atoms with Gasteiger partial charge in [-0.3, -0.25) is 9.59 Å². The molecule has 1 fully saturated rings. The molecule has 1 aromatic rings. The average molecular weight is 355 g/mol. The third-order valence-electron chi connectivity index (χ3n) is 4.16. The number of methoxy groups -OCH3 is 1. The predicted molar refractivity (Wildman–Crippen MR) is 86.5 cm³/mol. The molecule has 2 atom stereocenters. The number of carboxylic acids is 1. The number of carboxylic acid groups (broad SMARTS) is 1. The molecule has 1 aliphatic heterocycles. The van der Waals surface area contributed by atoms with Gasteiger partial charge in [0.15, 0.2) is 9.84 Å². The number of carbonyl (C=O) groups excluding carboxylic acids is 1. The van der Waals surface area contributed by atoms with Crippen LogP contribution in [0.25, 0.3) is 0 Å². The maximum Gasteiger partial charge on any atom is 0.308 e. The molecule has 0 bridgehead atoms. The normalized spacial score (nSPS) is 19.1. The molecule has 8 heteroatoms. The van der Waals surface area contributed by atoms with Crippen LogP contribution >= 0.6 is 0 Å². The van der Waals surface area contributed by atoms with Crippen molar-refractivity contribution in [3.8, 4) is 5.75 Å². The summed E-state index contributed by atoms with van der Waals surface area (Å²) in [4.78, 5) is 24.9. The molecule has 0 spiro atoms. The van der Waals surface area contributed by atoms with Gasteiger partial charge in [-0.15, -0.1) is 0 Å². The van der Waals surface area contributed by atoms with Crippen LogP contribution in [-0.2, 0) is 19.4 Å². The Morgan fingerprint density at radius 3 is 2.46 bits per heavy atom. The van der Waals surface area contributed by atoms with E-state index in [0.717, 1.165) is 0 Å². The van der Waals surface area contributed by atoms with E-state index in [2.05, 4.69) is 0 Å². The number of amides is 1. The molecule has 1 aromatic carbocycles. The number of nitrogens with zero attached hydrogens (tertiary/aromatic N) is 1. The molecule has 0 radical (unpaired) electrons. The molecule has 1 heterocycles. The fourth-order valence-electron chi connectivity index (χ4n) is 2.75. The Morgan fingerprint density at radius 2 is 1.96 bits per heavy atom. The maximum atomic E-state index is 12.4. The van der Waals surface area contributed by atoms with Crippen molar-refractivity contribution in [2.45, 2.75) is 18.2 Å². The van der Waals surface area contributed by atoms with Crippen molar-refractivity contribution in [2.24, 2.45) is 11.8 Å². The minimum Gasteiger partial charge on any atom is -0.497 e. The van der Waals surface area contributed by atoms with E-state index < -0.39 is 27.6 Å². The zero-order valence-corrected chi connectivity index (χ0v) is 14.5. The van der Waals surface area contributed by atoms with Crippen LogP contribution in [0.5, 0.6) is 5.75 Å². The number of carbonyl (C=O) groups is 2. The number of benzene rings is 1. The molecule has 1 saturated heterocycles. The van der Waals surface area contributed by atoms with Crippen molar-refractivity contribution in [1.29, 1.82) is 0 Å². The van der Waals surface area contributed by atoms with Crippen molar-refractivity contribution in [3.05, 3.63) is 24.3 Å². The molecule has 7 nitrogen and oxygen atoms in total. The fraction of sp³-hybridized carbons (Fsp3) is 0.500. The van der Waals surface area contributed by atoms with Crippen LogP contribution in [0.3, 0.4) is 0 Å². The summed E-state index contributed by atoms with van der Waals surface area (Å²) in [6.45, 7) is 2.04. The first-order valence-electron chi connectivity index (χ1n) is 7.63. The third kappa shape index (κ3) is 4.05. The van der Waals surface area contributed by atoms with E-state index in [-0.39, 0.29) is 23.1 Å². The lowest BCUT2D eigenvalue weighted by atomic mass is 10.1. The molecular weight excluding hydrogens is 334 g/mol. The summed E-state index contributed by atoms with van der Waals surface area (Å²) >= 11 is 0. The van der Waals surface area contributed by atoms with Crippen molar-refractivity contribution >= 4 is 21.7 Å². The van der Waals surface area contributed by atoms with Gasteiger partial charge < -0.3 is 14.7 Å². The van der Waals surface area contributed by atoms with Gasteiger partial charge in [0.2, 0.25) is 5.91 Å². The molecule has 0 aliphatic carbocycles. The first kappa shape index (κ1) is 18.3. The second-order valence-electron chi connectivity index (χ2n) is 5.97. The summed E-state index contributed by atoms with van der Waals surface area (Å²) in [5, 5.41) is 8.99. The summed E-state index contributed by atoms with van der Waals surface area (Å²) in [7, 11) is -2.12. The molecule has 2 rings (SSSR count). The van der Waals surface area contributed by atoms with Gasteiger partial charge in [-0.05, 0) is 30.7 Å². The summed E-state index contributed by atoms with van der Waals surface area (Å²) in [6, 6.07) is 6.00. The Labute approximate surface area is 141 Å². The second kappa shape index (κ2) is 7.21. The number of hydrogen-bond donors (Lipinski definition) is 1. The van der Waals surface area contributed by atoms with Crippen molar-refractivity contribution < 1.29 is 27.9 Å². The minimum atomic E-state index is -3.61. The first-order chi connectivity index (χ1) is 11.2. The molecule has 0 unspecified atom stereocenters. The van der Waals surface area contributed by atoms with Gasteiger partial charge in [-0.2, -0.15) is 0 Å². The molecule has 1 amide bonds. The fourth-order valence-corrected chi connectivity index (χ4v) is 4.30. The van der Waals surface area contributed by atoms with Crippen LogP contribution in [0.15, 0.2) is 29.2 Å². The number of likely N-dealkylation sites (tertiary alicyclic amines) is 1. The smallest absolute Gasteiger partial charge is 0.308 e. The zero-order chi connectivity index (χ0) is 17.9. The SMILES string of the molecule is COc1ccc(S(=O)(=O)C[C@H](C)C(=O)N2CC[C@H](C(=O)O)C2)cc1. The zero-order valence-electron chi connectivity index (χ0n) is 13.6. The quantitative estimate of drug-likeness (QED) is 0.818. The monoisotopic (exact) mass is 355 g/mol. The summed E-state index contributed by atoms with van der Waals surface area (Å²) in [5.41, 5.74) is 0. The van der Waals surface area contributed by atoms with E-state index in [9.17, 15) is 18.0 Å². The second-order valence-corrected chi connectivity index (χ2v) is 8.00. The van der Waals surface area contributed by atoms with Crippen LogP contribution in [0.1, 0.15) is 13.3 Å². The topological polar surface area (TPSA) is 101 Å². The Kier molecular flexibility index (Phi) is 5.48. The average Bonchev–Trinajstić information content (AvgIpc) is 3.04. The highest BCUT2D eigenvalue weighted by Gasteiger charge is 2.34. The van der Waals surface area contributed by atoms with E-state index in [1.165, 1.54) is 24.1 Å². The highest BCUT2D eigenvalue weighted by Crippen LogP contribution is 2.22. The lowest BCUT2D eigenvalue weighted by Crippen LogP contribution is -2.36. The van der Waals surface area contributed by atoms with Crippen molar-refractivity contribution in [1.82, 2.24) is 4.90 Å². The number of aliphatic carboxylic acids is 1. The molecule has 0 aromatic heterocycles. The van der Waals surface area contributed by atoms with Gasteiger partial charge in [-0.1, -0.05) is 6.92 Å². The number of sulfone groups is 1. The van der Waals surface area contributed by atoms with Gasteiger partial charge in [0.05, 0.1) is 23.7 Å². The third-order valence-corrected chi connectivity index (χ3v) is 6.09. The van der Waals surface area contributed by atoms with E-state index in [4.69, 9.17) is 9.84 Å². The Bertz CT molecular complexity index is 713. The molecular formula is C16H21NO6S. The summed E-state index contributed by atoms with van der Waals surface area (Å²) in [6.07, 6.45) is 0.402. The van der Waals surface area contributed by atoms with E-state index in [1.54, 1.807) is 19.1 Å².